The Bertz CT molecular complexity index is 812. The molecule has 2 aliphatic rings. The van der Waals surface area contributed by atoms with Crippen molar-refractivity contribution < 1.29 is 19.4 Å². The number of benzene rings is 1. The van der Waals surface area contributed by atoms with Gasteiger partial charge in [-0.3, -0.25) is 4.79 Å². The maximum atomic E-state index is 12.6. The third-order valence-electron chi connectivity index (χ3n) is 5.14. The van der Waals surface area contributed by atoms with E-state index >= 15 is 0 Å². The lowest BCUT2D eigenvalue weighted by atomic mass is 9.95. The highest BCUT2D eigenvalue weighted by atomic mass is 32.1. The van der Waals surface area contributed by atoms with Crippen molar-refractivity contribution in [2.45, 2.75) is 44.7 Å². The van der Waals surface area contributed by atoms with Gasteiger partial charge in [-0.1, -0.05) is 24.3 Å². The molecular formula is C22H25NO4S. The fraction of sp³-hybridized carbons (Fsp3) is 0.409. The summed E-state index contributed by atoms with van der Waals surface area (Å²) in [5, 5.41) is 16.3. The van der Waals surface area contributed by atoms with E-state index in [1.54, 1.807) is 11.3 Å². The van der Waals surface area contributed by atoms with Crippen LogP contribution in [0.1, 0.15) is 41.9 Å². The third-order valence-corrected chi connectivity index (χ3v) is 5.84. The summed E-state index contributed by atoms with van der Waals surface area (Å²) in [4.78, 5) is 12.6. The number of allylic oxidation sites excluding steroid dienone is 1. The maximum Gasteiger partial charge on any atom is 0.286 e. The van der Waals surface area contributed by atoms with Crippen LogP contribution in [0.4, 0.5) is 0 Å². The van der Waals surface area contributed by atoms with Crippen molar-refractivity contribution in [1.29, 1.82) is 0 Å². The first-order valence-corrected chi connectivity index (χ1v) is 10.6. The van der Waals surface area contributed by atoms with E-state index in [4.69, 9.17) is 14.6 Å². The first kappa shape index (κ1) is 19.2. The first-order chi connectivity index (χ1) is 13.7. The minimum atomic E-state index is -0.478. The summed E-state index contributed by atoms with van der Waals surface area (Å²) < 4.78 is 11.9. The van der Waals surface area contributed by atoms with Crippen molar-refractivity contribution in [2.24, 2.45) is 5.92 Å². The van der Waals surface area contributed by atoms with Gasteiger partial charge in [0.1, 0.15) is 0 Å². The molecule has 1 fully saturated rings. The molecule has 0 unspecified atom stereocenters. The fourth-order valence-corrected chi connectivity index (χ4v) is 3.94. The number of hydrogen-bond acceptors (Lipinski definition) is 5. The quantitative estimate of drug-likeness (QED) is 0.710. The zero-order valence-corrected chi connectivity index (χ0v) is 16.5. The number of ether oxygens (including phenoxy) is 2. The molecule has 2 heterocycles. The summed E-state index contributed by atoms with van der Waals surface area (Å²) in [5.41, 5.74) is 3.05. The van der Waals surface area contributed by atoms with Crippen LogP contribution >= 0.6 is 11.3 Å². The Kier molecular flexibility index (Phi) is 6.10. The van der Waals surface area contributed by atoms with Crippen LogP contribution in [-0.2, 0) is 27.5 Å². The van der Waals surface area contributed by atoms with E-state index < -0.39 is 6.29 Å². The van der Waals surface area contributed by atoms with Crippen LogP contribution in [-0.4, -0.2) is 23.8 Å². The van der Waals surface area contributed by atoms with Crippen molar-refractivity contribution in [1.82, 2.24) is 5.32 Å². The molecule has 5 nitrogen and oxygen atoms in total. The predicted molar refractivity (Wildman–Crippen MR) is 108 cm³/mol. The van der Waals surface area contributed by atoms with Gasteiger partial charge in [-0.2, -0.15) is 11.3 Å². The lowest BCUT2D eigenvalue weighted by Crippen LogP contribution is -2.33. The number of thiophene rings is 1. The molecule has 4 rings (SSSR count). The van der Waals surface area contributed by atoms with Gasteiger partial charge in [0.05, 0.1) is 13.2 Å². The van der Waals surface area contributed by atoms with Gasteiger partial charge in [0.15, 0.2) is 5.76 Å². The average Bonchev–Trinajstić information content (AvgIpc) is 3.41. The van der Waals surface area contributed by atoms with E-state index in [1.807, 2.05) is 35.7 Å². The standard InChI is InChI=1S/C22H25NO4S/c24-12-16-3-5-17(6-4-16)13-26-21-10-19(18-7-8-28-14-18)9-20(27-21)22(25)23-11-15-1-2-15/h3-9,14-15,19,21,24H,1-2,10-13H2,(H,23,25)/t19-,21+/m0/s1. The Morgan fingerprint density at radius 2 is 2.00 bits per heavy atom. The van der Waals surface area contributed by atoms with Crippen molar-refractivity contribution in [3.05, 3.63) is 69.6 Å². The van der Waals surface area contributed by atoms with Crippen LogP contribution in [0.3, 0.4) is 0 Å². The van der Waals surface area contributed by atoms with Gasteiger partial charge >= 0.3 is 0 Å². The van der Waals surface area contributed by atoms with Crippen LogP contribution in [0.2, 0.25) is 0 Å². The topological polar surface area (TPSA) is 67.8 Å². The van der Waals surface area contributed by atoms with Gasteiger partial charge < -0.3 is 19.9 Å². The molecule has 1 aliphatic carbocycles. The minimum absolute atomic E-state index is 0.0271. The molecule has 2 aromatic rings. The van der Waals surface area contributed by atoms with Crippen molar-refractivity contribution in [3.63, 3.8) is 0 Å². The Morgan fingerprint density at radius 3 is 2.68 bits per heavy atom. The van der Waals surface area contributed by atoms with Gasteiger partial charge in [-0.25, -0.2) is 0 Å². The van der Waals surface area contributed by atoms with Gasteiger partial charge in [0.25, 0.3) is 5.91 Å². The summed E-state index contributed by atoms with van der Waals surface area (Å²) in [6.45, 7) is 1.13. The van der Waals surface area contributed by atoms with E-state index in [2.05, 4.69) is 16.8 Å². The van der Waals surface area contributed by atoms with Gasteiger partial charge in [0, 0.05) is 18.9 Å². The zero-order valence-electron chi connectivity index (χ0n) is 15.7. The molecule has 0 radical (unpaired) electrons. The number of carbonyl (C=O) groups excluding carboxylic acids is 1. The number of aliphatic hydroxyl groups excluding tert-OH is 1. The molecule has 0 bridgehead atoms. The number of aliphatic hydroxyl groups is 1. The molecule has 1 aromatic heterocycles. The van der Waals surface area contributed by atoms with Crippen LogP contribution in [0.5, 0.6) is 0 Å². The van der Waals surface area contributed by atoms with Gasteiger partial charge in [-0.15, -0.1) is 0 Å². The van der Waals surface area contributed by atoms with Gasteiger partial charge in [0.2, 0.25) is 6.29 Å². The zero-order chi connectivity index (χ0) is 19.3. The largest absolute Gasteiger partial charge is 0.459 e. The Labute approximate surface area is 169 Å². The number of hydrogen-bond donors (Lipinski definition) is 2. The van der Waals surface area contributed by atoms with E-state index in [-0.39, 0.29) is 18.4 Å². The Hall–Kier alpha value is -2.15. The van der Waals surface area contributed by atoms with Crippen LogP contribution in [0.25, 0.3) is 0 Å². The molecule has 28 heavy (non-hydrogen) atoms. The van der Waals surface area contributed by atoms with E-state index in [1.165, 1.54) is 18.4 Å². The molecule has 148 valence electrons. The summed E-state index contributed by atoms with van der Waals surface area (Å²) in [5.74, 6) is 0.912. The lowest BCUT2D eigenvalue weighted by Gasteiger charge is -2.29. The SMILES string of the molecule is O=C(NCC1CC1)C1=C[C@H](c2ccsc2)C[C@H](OCc2ccc(CO)cc2)O1. The lowest BCUT2D eigenvalue weighted by molar-refractivity contribution is -0.150. The molecule has 2 atom stereocenters. The number of rotatable bonds is 8. The minimum Gasteiger partial charge on any atom is -0.459 e. The normalized spacial score (nSPS) is 21.7. The second-order valence-electron chi connectivity index (χ2n) is 7.42. The maximum absolute atomic E-state index is 12.6. The molecule has 1 saturated carbocycles. The van der Waals surface area contributed by atoms with Crippen LogP contribution in [0, 0.1) is 5.92 Å². The summed E-state index contributed by atoms with van der Waals surface area (Å²) in [6.07, 6.45) is 4.50. The van der Waals surface area contributed by atoms with Crippen molar-refractivity contribution in [2.75, 3.05) is 6.54 Å². The number of amides is 1. The third kappa shape index (κ3) is 5.01. The van der Waals surface area contributed by atoms with Crippen LogP contribution < -0.4 is 5.32 Å². The molecule has 1 aromatic carbocycles. The van der Waals surface area contributed by atoms with Crippen molar-refractivity contribution in [3.8, 4) is 0 Å². The number of carbonyl (C=O) groups is 1. The van der Waals surface area contributed by atoms with Gasteiger partial charge in [-0.05, 0) is 58.4 Å². The first-order valence-electron chi connectivity index (χ1n) is 9.70. The number of nitrogens with one attached hydrogen (secondary N) is 1. The van der Waals surface area contributed by atoms with E-state index in [0.717, 1.165) is 11.1 Å². The summed E-state index contributed by atoms with van der Waals surface area (Å²) >= 11 is 1.65. The van der Waals surface area contributed by atoms with E-state index in [0.29, 0.717) is 31.2 Å². The highest BCUT2D eigenvalue weighted by molar-refractivity contribution is 7.08. The molecule has 1 amide bonds. The molecule has 2 N–H and O–H groups in total. The second-order valence-corrected chi connectivity index (χ2v) is 8.20. The monoisotopic (exact) mass is 399 g/mol. The predicted octanol–water partition coefficient (Wildman–Crippen LogP) is 3.70. The highest BCUT2D eigenvalue weighted by Crippen LogP contribution is 2.33. The Balaban J connectivity index is 1.41. The molecule has 0 saturated heterocycles. The van der Waals surface area contributed by atoms with E-state index in [9.17, 15) is 4.79 Å². The molecule has 6 heteroatoms. The molecule has 0 spiro atoms. The second kappa shape index (κ2) is 8.90. The van der Waals surface area contributed by atoms with Crippen molar-refractivity contribution >= 4 is 17.2 Å². The van der Waals surface area contributed by atoms with Crippen LogP contribution in [0.15, 0.2) is 52.9 Å². The fourth-order valence-electron chi connectivity index (χ4n) is 3.21. The smallest absolute Gasteiger partial charge is 0.286 e. The summed E-state index contributed by atoms with van der Waals surface area (Å²) in [6, 6.07) is 9.71. The molecule has 1 aliphatic heterocycles. The average molecular weight is 400 g/mol. The Morgan fingerprint density at radius 1 is 1.21 bits per heavy atom. The highest BCUT2D eigenvalue weighted by Gasteiger charge is 2.30. The molecular weight excluding hydrogens is 374 g/mol. The summed E-state index contributed by atoms with van der Waals surface area (Å²) in [7, 11) is 0.